The van der Waals surface area contributed by atoms with E-state index >= 15 is 0 Å². The first-order valence-electron chi connectivity index (χ1n) is 6.35. The number of thiazole rings is 1. The second kappa shape index (κ2) is 6.84. The normalized spacial score (nSPS) is 12.1. The van der Waals surface area contributed by atoms with Gasteiger partial charge in [-0.25, -0.2) is 13.1 Å². The topological polar surface area (TPSA) is 91.1 Å². The van der Waals surface area contributed by atoms with E-state index in [1.807, 2.05) is 13.8 Å². The molecular weight excluding hydrogens is 330 g/mol. The van der Waals surface area contributed by atoms with Crippen LogP contribution < -0.4 is 14.9 Å². The van der Waals surface area contributed by atoms with Crippen LogP contribution in [0.25, 0.3) is 0 Å². The summed E-state index contributed by atoms with van der Waals surface area (Å²) >= 11 is 2.25. The predicted molar refractivity (Wildman–Crippen MR) is 85.3 cm³/mol. The zero-order valence-corrected chi connectivity index (χ0v) is 14.1. The lowest BCUT2D eigenvalue weighted by atomic mass is 10.4. The van der Waals surface area contributed by atoms with Crippen molar-refractivity contribution in [2.24, 2.45) is 0 Å². The fourth-order valence-corrected chi connectivity index (χ4v) is 4.49. The van der Waals surface area contributed by atoms with Crippen molar-refractivity contribution in [3.8, 4) is 0 Å². The highest BCUT2D eigenvalue weighted by Crippen LogP contribution is 2.21. The number of nitrogens with one attached hydrogen (secondary N) is 3. The van der Waals surface area contributed by atoms with Gasteiger partial charge in [-0.05, 0) is 12.1 Å². The lowest BCUT2D eigenvalue weighted by molar-refractivity contribution is 0.582. The molecule has 21 heavy (non-hydrogen) atoms. The van der Waals surface area contributed by atoms with Crippen LogP contribution in [0.3, 0.4) is 0 Å². The maximum atomic E-state index is 12.2. The van der Waals surface area contributed by atoms with Crippen molar-refractivity contribution < 1.29 is 8.42 Å². The van der Waals surface area contributed by atoms with Crippen LogP contribution in [0.4, 0.5) is 0 Å². The number of hydrogen-bond acceptors (Lipinski definition) is 6. The molecule has 0 aliphatic rings. The van der Waals surface area contributed by atoms with E-state index < -0.39 is 10.0 Å². The van der Waals surface area contributed by atoms with Crippen LogP contribution in [0, 0.1) is 0 Å². The number of sulfonamides is 1. The van der Waals surface area contributed by atoms with Gasteiger partial charge in [0.05, 0.1) is 6.54 Å². The van der Waals surface area contributed by atoms with E-state index in [-0.39, 0.29) is 15.6 Å². The molecule has 0 saturated heterocycles. The highest BCUT2D eigenvalue weighted by molar-refractivity contribution is 7.91. The van der Waals surface area contributed by atoms with Crippen LogP contribution in [-0.2, 0) is 23.1 Å². The largest absolute Gasteiger partial charge is 0.315 e. The van der Waals surface area contributed by atoms with Crippen LogP contribution in [0.1, 0.15) is 24.4 Å². The second-order valence-corrected chi connectivity index (χ2v) is 8.76. The zero-order chi connectivity index (χ0) is 15.5. The SMILES string of the molecule is CC(C)NCc1ccc(S(=O)(=O)NCc2csc(=O)[nH]2)s1. The van der Waals surface area contributed by atoms with Crippen LogP contribution in [0.5, 0.6) is 0 Å². The lowest BCUT2D eigenvalue weighted by Gasteiger charge is -2.05. The highest BCUT2D eigenvalue weighted by atomic mass is 32.2. The summed E-state index contributed by atoms with van der Waals surface area (Å²) in [6.45, 7) is 4.80. The fraction of sp³-hybridized carbons (Fsp3) is 0.417. The number of aromatic amines is 1. The van der Waals surface area contributed by atoms with E-state index in [2.05, 4.69) is 15.0 Å². The standard InChI is InChI=1S/C12H17N3O3S3/c1-8(2)13-6-10-3-4-11(20-10)21(17,18)14-5-9-7-19-12(16)15-9/h3-4,7-8,13-14H,5-6H2,1-2H3,(H,15,16). The number of hydrogen-bond donors (Lipinski definition) is 3. The molecule has 116 valence electrons. The van der Waals surface area contributed by atoms with Gasteiger partial charge in [-0.1, -0.05) is 25.2 Å². The zero-order valence-electron chi connectivity index (χ0n) is 11.7. The van der Waals surface area contributed by atoms with Crippen molar-refractivity contribution in [1.29, 1.82) is 0 Å². The van der Waals surface area contributed by atoms with Crippen molar-refractivity contribution in [1.82, 2.24) is 15.0 Å². The van der Waals surface area contributed by atoms with Crippen molar-refractivity contribution >= 4 is 32.7 Å². The Kier molecular flexibility index (Phi) is 5.33. The molecule has 2 aromatic heterocycles. The van der Waals surface area contributed by atoms with Gasteiger partial charge in [-0.3, -0.25) is 4.79 Å². The van der Waals surface area contributed by atoms with Gasteiger partial charge in [-0.2, -0.15) is 0 Å². The van der Waals surface area contributed by atoms with Crippen LogP contribution >= 0.6 is 22.7 Å². The Morgan fingerprint density at radius 2 is 2.05 bits per heavy atom. The molecule has 0 saturated carbocycles. The monoisotopic (exact) mass is 347 g/mol. The lowest BCUT2D eigenvalue weighted by Crippen LogP contribution is -2.23. The summed E-state index contributed by atoms with van der Waals surface area (Å²) in [6.07, 6.45) is 0. The summed E-state index contributed by atoms with van der Waals surface area (Å²) in [5.41, 5.74) is 0.562. The van der Waals surface area contributed by atoms with Gasteiger partial charge >= 0.3 is 4.87 Å². The second-order valence-electron chi connectivity index (χ2n) is 4.75. The number of aromatic nitrogens is 1. The van der Waals surface area contributed by atoms with Crippen molar-refractivity contribution in [3.05, 3.63) is 37.8 Å². The van der Waals surface area contributed by atoms with E-state index in [1.165, 1.54) is 11.3 Å². The van der Waals surface area contributed by atoms with E-state index in [1.54, 1.807) is 17.5 Å². The van der Waals surface area contributed by atoms with Gasteiger partial charge in [0.2, 0.25) is 10.0 Å². The first-order chi connectivity index (χ1) is 9.87. The Morgan fingerprint density at radius 3 is 2.67 bits per heavy atom. The average molecular weight is 347 g/mol. The fourth-order valence-electron chi connectivity index (χ4n) is 1.55. The van der Waals surface area contributed by atoms with Gasteiger partial charge in [0, 0.05) is 28.5 Å². The third kappa shape index (κ3) is 4.75. The summed E-state index contributed by atoms with van der Waals surface area (Å²) in [4.78, 5) is 14.3. The number of rotatable bonds is 7. The Bertz CT molecular complexity index is 743. The molecule has 0 aliphatic heterocycles. The molecule has 2 heterocycles. The van der Waals surface area contributed by atoms with Gasteiger partial charge in [0.1, 0.15) is 4.21 Å². The van der Waals surface area contributed by atoms with Gasteiger partial charge in [0.15, 0.2) is 0 Å². The molecule has 0 atom stereocenters. The average Bonchev–Trinajstić information content (AvgIpc) is 3.03. The molecule has 2 rings (SSSR count). The molecule has 2 aromatic rings. The minimum atomic E-state index is -3.54. The van der Waals surface area contributed by atoms with Crippen LogP contribution in [0.15, 0.2) is 26.5 Å². The molecular formula is C12H17N3O3S3. The van der Waals surface area contributed by atoms with E-state index in [4.69, 9.17) is 0 Å². The third-order valence-electron chi connectivity index (χ3n) is 2.61. The molecule has 0 unspecified atom stereocenters. The quantitative estimate of drug-likeness (QED) is 0.707. The minimum Gasteiger partial charge on any atom is -0.315 e. The molecule has 6 nitrogen and oxygen atoms in total. The summed E-state index contributed by atoms with van der Waals surface area (Å²) in [6, 6.07) is 3.75. The maximum absolute atomic E-state index is 12.2. The molecule has 0 amide bonds. The first kappa shape index (κ1) is 16.4. The highest BCUT2D eigenvalue weighted by Gasteiger charge is 2.17. The molecule has 0 radical (unpaired) electrons. The smallest absolute Gasteiger partial charge is 0.304 e. The molecule has 0 spiro atoms. The summed E-state index contributed by atoms with van der Waals surface area (Å²) < 4.78 is 27.1. The van der Waals surface area contributed by atoms with Crippen molar-refractivity contribution in [2.75, 3.05) is 0 Å². The maximum Gasteiger partial charge on any atom is 0.304 e. The Balaban J connectivity index is 2.00. The molecule has 0 aromatic carbocycles. The van der Waals surface area contributed by atoms with Crippen molar-refractivity contribution in [3.63, 3.8) is 0 Å². The van der Waals surface area contributed by atoms with Crippen LogP contribution in [0.2, 0.25) is 0 Å². The summed E-state index contributed by atoms with van der Waals surface area (Å²) in [5.74, 6) is 0. The molecule has 0 bridgehead atoms. The predicted octanol–water partition coefficient (Wildman–Crippen LogP) is 1.47. The number of thiophene rings is 1. The van der Waals surface area contributed by atoms with Gasteiger partial charge in [0.25, 0.3) is 0 Å². The first-order valence-corrected chi connectivity index (χ1v) is 9.53. The van der Waals surface area contributed by atoms with Gasteiger partial charge < -0.3 is 10.3 Å². The Hall–Kier alpha value is -1.00. The molecule has 0 aliphatic carbocycles. The molecule has 9 heteroatoms. The summed E-state index contributed by atoms with van der Waals surface area (Å²) in [5, 5.41) is 4.85. The van der Waals surface area contributed by atoms with Crippen molar-refractivity contribution in [2.45, 2.75) is 37.2 Å². The molecule has 0 fully saturated rings. The summed E-state index contributed by atoms with van der Waals surface area (Å²) in [7, 11) is -3.54. The van der Waals surface area contributed by atoms with E-state index in [0.29, 0.717) is 18.3 Å². The minimum absolute atomic E-state index is 0.0819. The molecule has 3 N–H and O–H groups in total. The Labute approximate surface area is 131 Å². The van der Waals surface area contributed by atoms with Gasteiger partial charge in [-0.15, -0.1) is 11.3 Å². The third-order valence-corrected chi connectivity index (χ3v) is 6.31. The Morgan fingerprint density at radius 1 is 1.29 bits per heavy atom. The van der Waals surface area contributed by atoms with Crippen LogP contribution in [-0.4, -0.2) is 19.4 Å². The number of H-pyrrole nitrogens is 1. The van der Waals surface area contributed by atoms with E-state index in [9.17, 15) is 13.2 Å². The van der Waals surface area contributed by atoms with E-state index in [0.717, 1.165) is 16.2 Å².